The molecule has 0 spiro atoms. The first kappa shape index (κ1) is 10.6. The molecule has 16 heavy (non-hydrogen) atoms. The first-order chi connectivity index (χ1) is 7.83. The molecular weight excluding hydrogens is 202 g/mol. The summed E-state index contributed by atoms with van der Waals surface area (Å²) in [6.45, 7) is 0. The van der Waals surface area contributed by atoms with Gasteiger partial charge >= 0.3 is 0 Å². The molecule has 0 N–H and O–H groups in total. The summed E-state index contributed by atoms with van der Waals surface area (Å²) >= 11 is 0. The highest BCUT2D eigenvalue weighted by Gasteiger charge is 1.99. The van der Waals surface area contributed by atoms with E-state index in [-0.39, 0.29) is 0 Å². The van der Waals surface area contributed by atoms with Crippen LogP contribution < -0.4 is 4.74 Å². The third kappa shape index (κ3) is 2.19. The fraction of sp³-hybridized carbons (Fsp3) is 0.231. The molecule has 0 aliphatic rings. The largest absolute Gasteiger partial charge is 0.481 e. The van der Waals surface area contributed by atoms with Crippen molar-refractivity contribution < 1.29 is 9.53 Å². The van der Waals surface area contributed by atoms with Gasteiger partial charge in [0.1, 0.15) is 6.29 Å². The molecule has 0 unspecified atom stereocenters. The van der Waals surface area contributed by atoms with E-state index in [9.17, 15) is 4.79 Å². The minimum absolute atomic E-state index is 0.565. The van der Waals surface area contributed by atoms with E-state index >= 15 is 0 Å². The molecule has 1 aromatic heterocycles. The second-order valence-corrected chi connectivity index (χ2v) is 3.59. The van der Waals surface area contributed by atoms with Gasteiger partial charge in [-0.05, 0) is 30.2 Å². The van der Waals surface area contributed by atoms with Crippen LogP contribution in [0.4, 0.5) is 0 Å². The van der Waals surface area contributed by atoms with Crippen LogP contribution in [-0.2, 0) is 11.2 Å². The van der Waals surface area contributed by atoms with Crippen molar-refractivity contribution in [2.45, 2.75) is 12.8 Å². The summed E-state index contributed by atoms with van der Waals surface area (Å²) in [5.41, 5.74) is 2.07. The molecule has 0 radical (unpaired) electrons. The SMILES string of the molecule is COc1ccc2cc(CCC=O)ccc2n1. The van der Waals surface area contributed by atoms with E-state index in [4.69, 9.17) is 4.74 Å². The number of fused-ring (bicyclic) bond motifs is 1. The van der Waals surface area contributed by atoms with Gasteiger partial charge in [0.05, 0.1) is 12.6 Å². The standard InChI is InChI=1S/C13H13NO2/c1-16-13-7-5-11-9-10(3-2-8-15)4-6-12(11)14-13/h4-9H,2-3H2,1H3. The van der Waals surface area contributed by atoms with Gasteiger partial charge in [-0.15, -0.1) is 0 Å². The number of carbonyl (C=O) groups is 1. The molecule has 0 aliphatic carbocycles. The van der Waals surface area contributed by atoms with E-state index < -0.39 is 0 Å². The lowest BCUT2D eigenvalue weighted by Gasteiger charge is -2.03. The van der Waals surface area contributed by atoms with Crippen LogP contribution in [0, 0.1) is 0 Å². The summed E-state index contributed by atoms with van der Waals surface area (Å²) in [5.74, 6) is 0.619. The van der Waals surface area contributed by atoms with Crippen molar-refractivity contribution in [2.24, 2.45) is 0 Å². The van der Waals surface area contributed by atoms with Gasteiger partial charge in [-0.2, -0.15) is 0 Å². The van der Waals surface area contributed by atoms with Gasteiger partial charge in [0.15, 0.2) is 0 Å². The van der Waals surface area contributed by atoms with Crippen molar-refractivity contribution in [3.05, 3.63) is 35.9 Å². The Kier molecular flexibility index (Phi) is 3.15. The van der Waals surface area contributed by atoms with E-state index in [1.807, 2.05) is 24.3 Å². The normalized spacial score (nSPS) is 10.3. The average Bonchev–Trinajstić information content (AvgIpc) is 2.35. The lowest BCUT2D eigenvalue weighted by atomic mass is 10.1. The van der Waals surface area contributed by atoms with Crippen LogP contribution in [0.25, 0.3) is 10.9 Å². The van der Waals surface area contributed by atoms with Crippen molar-refractivity contribution in [1.29, 1.82) is 0 Å². The van der Waals surface area contributed by atoms with Gasteiger partial charge < -0.3 is 9.53 Å². The third-order valence-electron chi connectivity index (χ3n) is 2.49. The number of pyridine rings is 1. The molecule has 82 valence electrons. The molecule has 0 atom stereocenters. The summed E-state index contributed by atoms with van der Waals surface area (Å²) in [6.07, 6.45) is 2.29. The second-order valence-electron chi connectivity index (χ2n) is 3.59. The van der Waals surface area contributed by atoms with E-state index in [0.717, 1.165) is 29.2 Å². The molecular formula is C13H13NO2. The van der Waals surface area contributed by atoms with Crippen molar-refractivity contribution in [3.8, 4) is 5.88 Å². The van der Waals surface area contributed by atoms with Gasteiger partial charge in [0.25, 0.3) is 0 Å². The van der Waals surface area contributed by atoms with Crippen LogP contribution in [0.15, 0.2) is 30.3 Å². The Morgan fingerprint density at radius 3 is 2.94 bits per heavy atom. The van der Waals surface area contributed by atoms with E-state index in [1.165, 1.54) is 0 Å². The minimum Gasteiger partial charge on any atom is -0.481 e. The highest BCUT2D eigenvalue weighted by atomic mass is 16.5. The highest BCUT2D eigenvalue weighted by Crippen LogP contribution is 2.18. The highest BCUT2D eigenvalue weighted by molar-refractivity contribution is 5.79. The maximum atomic E-state index is 10.3. The molecule has 0 aliphatic heterocycles. The van der Waals surface area contributed by atoms with Crippen molar-refractivity contribution in [3.63, 3.8) is 0 Å². The quantitative estimate of drug-likeness (QED) is 0.735. The smallest absolute Gasteiger partial charge is 0.213 e. The van der Waals surface area contributed by atoms with Crippen molar-refractivity contribution in [2.75, 3.05) is 7.11 Å². The molecule has 0 fully saturated rings. The molecule has 0 bridgehead atoms. The number of aromatic nitrogens is 1. The molecule has 3 heteroatoms. The molecule has 2 aromatic rings. The average molecular weight is 215 g/mol. The van der Waals surface area contributed by atoms with Gasteiger partial charge in [-0.25, -0.2) is 4.98 Å². The molecule has 3 nitrogen and oxygen atoms in total. The number of hydrogen-bond acceptors (Lipinski definition) is 3. The summed E-state index contributed by atoms with van der Waals surface area (Å²) in [7, 11) is 1.60. The van der Waals surface area contributed by atoms with Crippen molar-refractivity contribution >= 4 is 17.2 Å². The molecule has 2 rings (SSSR count). The van der Waals surface area contributed by atoms with E-state index in [0.29, 0.717) is 12.3 Å². The van der Waals surface area contributed by atoms with E-state index in [1.54, 1.807) is 7.11 Å². The predicted molar refractivity (Wildman–Crippen MR) is 62.7 cm³/mol. The Balaban J connectivity index is 2.35. The van der Waals surface area contributed by atoms with Crippen molar-refractivity contribution in [1.82, 2.24) is 4.98 Å². The number of hydrogen-bond donors (Lipinski definition) is 0. The summed E-state index contributed by atoms with van der Waals surface area (Å²) in [4.78, 5) is 14.6. The Morgan fingerprint density at radius 1 is 1.31 bits per heavy atom. The number of benzene rings is 1. The van der Waals surface area contributed by atoms with Gasteiger partial charge in [0, 0.05) is 17.9 Å². The lowest BCUT2D eigenvalue weighted by molar-refractivity contribution is -0.107. The number of aryl methyl sites for hydroxylation is 1. The zero-order valence-corrected chi connectivity index (χ0v) is 9.14. The van der Waals surface area contributed by atoms with Gasteiger partial charge in [-0.3, -0.25) is 0 Å². The first-order valence-electron chi connectivity index (χ1n) is 5.21. The molecule has 1 aromatic carbocycles. The molecule has 1 heterocycles. The third-order valence-corrected chi connectivity index (χ3v) is 2.49. The fourth-order valence-corrected chi connectivity index (χ4v) is 1.65. The summed E-state index contributed by atoms with van der Waals surface area (Å²) in [6, 6.07) is 9.83. The molecule has 0 amide bonds. The zero-order chi connectivity index (χ0) is 11.4. The number of aldehydes is 1. The van der Waals surface area contributed by atoms with Crippen LogP contribution in [-0.4, -0.2) is 18.4 Å². The molecule has 0 saturated heterocycles. The monoisotopic (exact) mass is 215 g/mol. The zero-order valence-electron chi connectivity index (χ0n) is 9.14. The summed E-state index contributed by atoms with van der Waals surface area (Å²) < 4.78 is 5.06. The number of ether oxygens (including phenoxy) is 1. The van der Waals surface area contributed by atoms with Gasteiger partial charge in [-0.1, -0.05) is 6.07 Å². The number of nitrogens with zero attached hydrogens (tertiary/aromatic N) is 1. The predicted octanol–water partition coefficient (Wildman–Crippen LogP) is 2.37. The Bertz CT molecular complexity index is 508. The van der Waals surface area contributed by atoms with E-state index in [2.05, 4.69) is 11.1 Å². The Hall–Kier alpha value is -1.90. The number of carbonyl (C=O) groups excluding carboxylic acids is 1. The Labute approximate surface area is 94.1 Å². The topological polar surface area (TPSA) is 39.2 Å². The van der Waals surface area contributed by atoms with Gasteiger partial charge in [0.2, 0.25) is 5.88 Å². The maximum Gasteiger partial charge on any atom is 0.213 e. The van der Waals surface area contributed by atoms with Crippen LogP contribution in [0.1, 0.15) is 12.0 Å². The molecule has 0 saturated carbocycles. The van der Waals surface area contributed by atoms with Crippen LogP contribution in [0.5, 0.6) is 5.88 Å². The number of methoxy groups -OCH3 is 1. The first-order valence-corrected chi connectivity index (χ1v) is 5.21. The maximum absolute atomic E-state index is 10.3. The lowest BCUT2D eigenvalue weighted by Crippen LogP contribution is -1.90. The van der Waals surface area contributed by atoms with Crippen LogP contribution >= 0.6 is 0 Å². The second kappa shape index (κ2) is 4.75. The number of rotatable bonds is 4. The van der Waals surface area contributed by atoms with Crippen LogP contribution in [0.3, 0.4) is 0 Å². The van der Waals surface area contributed by atoms with Crippen LogP contribution in [0.2, 0.25) is 0 Å². The Morgan fingerprint density at radius 2 is 2.19 bits per heavy atom. The fourth-order valence-electron chi connectivity index (χ4n) is 1.65. The summed E-state index contributed by atoms with van der Waals surface area (Å²) in [5, 5.41) is 1.07. The minimum atomic E-state index is 0.565.